The number of aryl methyl sites for hydroxylation is 1. The van der Waals surface area contributed by atoms with E-state index >= 15 is 0 Å². The van der Waals surface area contributed by atoms with Crippen LogP contribution in [-0.4, -0.2) is 59.3 Å². The third-order valence-corrected chi connectivity index (χ3v) is 9.31. The van der Waals surface area contributed by atoms with Crippen LogP contribution >= 0.6 is 10.2 Å². The number of allylic oxidation sites excluding steroid dienone is 5. The van der Waals surface area contributed by atoms with Crippen molar-refractivity contribution in [3.8, 4) is 0 Å². The van der Waals surface area contributed by atoms with E-state index in [1.807, 2.05) is 34.0 Å². The van der Waals surface area contributed by atoms with Gasteiger partial charge in [0.25, 0.3) is 0 Å². The summed E-state index contributed by atoms with van der Waals surface area (Å²) in [6, 6.07) is 3.31. The molecule has 3 aliphatic heterocycles. The summed E-state index contributed by atoms with van der Waals surface area (Å²) in [5, 5.41) is 4.01. The minimum atomic E-state index is -9.68. The molecule has 43 heavy (non-hydrogen) atoms. The molecule has 0 unspecified atom stereocenters. The third-order valence-electron chi connectivity index (χ3n) is 8.15. The van der Waals surface area contributed by atoms with Crippen LogP contribution in [-0.2, 0) is 9.47 Å². The fourth-order valence-electron chi connectivity index (χ4n) is 5.82. The molecule has 6 rings (SSSR count). The normalized spacial score (nSPS) is 22.0. The quantitative estimate of drug-likeness (QED) is 0.319. The number of fused-ring (bicyclic) bond motifs is 1. The van der Waals surface area contributed by atoms with Crippen LogP contribution in [0, 0.1) is 6.92 Å². The molecule has 0 N–H and O–H groups in total. The molecule has 2 saturated heterocycles. The lowest BCUT2D eigenvalue weighted by molar-refractivity contribution is 0.0334. The van der Waals surface area contributed by atoms with E-state index in [2.05, 4.69) is 30.1 Å². The molecule has 2 aromatic rings. The van der Waals surface area contributed by atoms with Crippen LogP contribution in [0.2, 0.25) is 0 Å². The van der Waals surface area contributed by atoms with E-state index in [1.54, 1.807) is 7.11 Å². The van der Waals surface area contributed by atoms with Gasteiger partial charge in [0.1, 0.15) is 16.5 Å². The van der Waals surface area contributed by atoms with Gasteiger partial charge >= 0.3 is 10.2 Å². The summed E-state index contributed by atoms with van der Waals surface area (Å²) in [6.45, 7) is 6.40. The van der Waals surface area contributed by atoms with Gasteiger partial charge in [-0.15, -0.1) is 0 Å². The Morgan fingerprint density at radius 2 is 1.70 bits per heavy atom. The molecule has 0 saturated carbocycles. The van der Waals surface area contributed by atoms with Crippen molar-refractivity contribution in [3.05, 3.63) is 72.0 Å². The van der Waals surface area contributed by atoms with Gasteiger partial charge in [0, 0.05) is 38.8 Å². The van der Waals surface area contributed by atoms with Crippen LogP contribution in [0.15, 0.2) is 76.2 Å². The number of imidazole rings is 1. The number of rotatable bonds is 4. The van der Waals surface area contributed by atoms with Crippen molar-refractivity contribution in [1.82, 2.24) is 14.6 Å². The molecule has 1 aromatic carbocycles. The summed E-state index contributed by atoms with van der Waals surface area (Å²) >= 11 is 0. The highest BCUT2D eigenvalue weighted by atomic mass is 32.5. The number of amidine groups is 1. The topological polar surface area (TPSA) is 55.1 Å². The number of methoxy groups -OCH3 is 1. The molecule has 7 nitrogen and oxygen atoms in total. The number of benzene rings is 1. The highest BCUT2D eigenvalue weighted by Gasteiger charge is 2.65. The van der Waals surface area contributed by atoms with E-state index in [4.69, 9.17) is 14.5 Å². The fraction of sp³-hybridized carbons (Fsp3) is 0.467. The van der Waals surface area contributed by atoms with Gasteiger partial charge in [0.05, 0.1) is 42.6 Å². The van der Waals surface area contributed by atoms with Crippen molar-refractivity contribution in [3.63, 3.8) is 0 Å². The fourth-order valence-corrected chi connectivity index (χ4v) is 6.47. The van der Waals surface area contributed by atoms with E-state index in [9.17, 15) is 19.4 Å². The van der Waals surface area contributed by atoms with Gasteiger partial charge in [0.15, 0.2) is 0 Å². The Morgan fingerprint density at radius 1 is 0.977 bits per heavy atom. The Labute approximate surface area is 249 Å². The lowest BCUT2D eigenvalue weighted by Crippen LogP contribution is -2.66. The van der Waals surface area contributed by atoms with Gasteiger partial charge in [-0.2, -0.15) is 0 Å². The number of hydrazine groups is 1. The highest BCUT2D eigenvalue weighted by Crippen LogP contribution is 3.02. The molecule has 0 radical (unpaired) electrons. The monoisotopic (exact) mass is 627 g/mol. The second-order valence-corrected chi connectivity index (χ2v) is 13.8. The second kappa shape index (κ2) is 11.0. The smallest absolute Gasteiger partial charge is 0.310 e. The van der Waals surface area contributed by atoms with Crippen LogP contribution in [0.5, 0.6) is 0 Å². The first-order chi connectivity index (χ1) is 20.2. The Hall–Kier alpha value is -3.32. The zero-order chi connectivity index (χ0) is 30.9. The molecule has 1 spiro atoms. The first-order valence-electron chi connectivity index (χ1n) is 14.3. The lowest BCUT2D eigenvalue weighted by atomic mass is 9.87. The molecule has 1 aliphatic carbocycles. The summed E-state index contributed by atoms with van der Waals surface area (Å²) in [6.07, 6.45) is 15.1. The summed E-state index contributed by atoms with van der Waals surface area (Å²) in [7, 11) is -7.97. The summed E-state index contributed by atoms with van der Waals surface area (Å²) < 4.78 is 78.3. The average Bonchev–Trinajstić information content (AvgIpc) is 3.30. The van der Waals surface area contributed by atoms with Gasteiger partial charge in [0.2, 0.25) is 0 Å². The van der Waals surface area contributed by atoms with Gasteiger partial charge in [-0.05, 0) is 69.9 Å². The SMILES string of the molecule is COC1=C(n2cnc(C)c2)C=CC(C)=CC1.FS(F)(F)(F)(F)c1ccc(N2N3CCCCC3=NCC23CCOCC3)cc1. The molecule has 0 atom stereocenters. The van der Waals surface area contributed by atoms with Gasteiger partial charge in [-0.1, -0.05) is 37.2 Å². The number of anilines is 1. The Morgan fingerprint density at radius 3 is 2.33 bits per heavy atom. The molecule has 1 aromatic heterocycles. The molecule has 0 amide bonds. The standard InChI is InChI=1S/C17H22F5N3OS.C13H16N2O/c18-27(19,20,21,22)15-6-4-14(5-7-15)25-17(8-11-26-12-9-17)13-23-16-3-1-2-10-24(16)25;1-10-4-6-12(13(16-3)7-5-10)15-8-11(2)14-9-15/h4-7H,1-3,8-13H2;4-6,8-9H,7H2,1-3H3. The molecule has 0 bridgehead atoms. The van der Waals surface area contributed by atoms with Crippen LogP contribution in [0.1, 0.15) is 51.1 Å². The van der Waals surface area contributed by atoms with Crippen LogP contribution in [0.3, 0.4) is 0 Å². The minimum Gasteiger partial charge on any atom is -0.499 e. The molecule has 4 heterocycles. The van der Waals surface area contributed by atoms with Crippen LogP contribution in [0.25, 0.3) is 5.70 Å². The van der Waals surface area contributed by atoms with Crippen LogP contribution in [0.4, 0.5) is 25.1 Å². The van der Waals surface area contributed by atoms with Crippen molar-refractivity contribution < 1.29 is 28.9 Å². The van der Waals surface area contributed by atoms with Crippen molar-refractivity contribution in [2.45, 2.75) is 62.8 Å². The first-order valence-corrected chi connectivity index (χ1v) is 16.3. The van der Waals surface area contributed by atoms with Gasteiger partial charge < -0.3 is 14.0 Å². The average molecular weight is 628 g/mol. The summed E-state index contributed by atoms with van der Waals surface area (Å²) in [5.74, 6) is 1.88. The lowest BCUT2D eigenvalue weighted by Gasteiger charge is -2.56. The molecule has 2 fully saturated rings. The number of hydrogen-bond donors (Lipinski definition) is 0. The van der Waals surface area contributed by atoms with Gasteiger partial charge in [-0.3, -0.25) is 15.0 Å². The van der Waals surface area contributed by atoms with Crippen LogP contribution < -0.4 is 5.01 Å². The molecular formula is C30H38F5N5O2S. The summed E-state index contributed by atoms with van der Waals surface area (Å²) in [5.41, 5.74) is 3.40. The van der Waals surface area contributed by atoms with E-state index in [0.717, 1.165) is 60.8 Å². The van der Waals surface area contributed by atoms with E-state index in [-0.39, 0.29) is 0 Å². The highest BCUT2D eigenvalue weighted by molar-refractivity contribution is 8.45. The predicted octanol–water partition coefficient (Wildman–Crippen LogP) is 8.43. The Kier molecular flexibility index (Phi) is 7.95. The first kappa shape index (κ1) is 31.1. The van der Waals surface area contributed by atoms with Crippen molar-refractivity contribution in [2.75, 3.05) is 38.4 Å². The molecule has 4 aliphatic rings. The van der Waals surface area contributed by atoms with Crippen molar-refractivity contribution in [1.29, 1.82) is 0 Å². The maximum atomic E-state index is 13.1. The molecule has 13 heteroatoms. The number of hydrogen-bond acceptors (Lipinski definition) is 6. The van der Waals surface area contributed by atoms with E-state index in [1.165, 1.54) is 5.57 Å². The molecular weight excluding hydrogens is 589 g/mol. The van der Waals surface area contributed by atoms with E-state index in [0.29, 0.717) is 57.0 Å². The zero-order valence-corrected chi connectivity index (χ0v) is 25.4. The molecule has 236 valence electrons. The van der Waals surface area contributed by atoms with Crippen molar-refractivity contribution >= 4 is 27.4 Å². The Balaban J connectivity index is 0.000000196. The second-order valence-electron chi connectivity index (χ2n) is 11.3. The maximum absolute atomic E-state index is 13.1. The summed E-state index contributed by atoms with van der Waals surface area (Å²) in [4.78, 5) is 7.11. The number of piperidine rings is 1. The third kappa shape index (κ3) is 6.93. The number of halogens is 5. The van der Waals surface area contributed by atoms with Gasteiger partial charge in [-0.25, -0.2) is 4.98 Å². The van der Waals surface area contributed by atoms with Crippen molar-refractivity contribution in [2.24, 2.45) is 4.99 Å². The number of nitrogens with zero attached hydrogens (tertiary/aromatic N) is 5. The number of aliphatic imine (C=N–C) groups is 1. The van der Waals surface area contributed by atoms with E-state index < -0.39 is 20.7 Å². The zero-order valence-electron chi connectivity index (χ0n) is 24.6. The Bertz CT molecular complexity index is 1460. The number of ether oxygens (including phenoxy) is 2. The predicted molar refractivity (Wildman–Crippen MR) is 161 cm³/mol. The largest absolute Gasteiger partial charge is 0.499 e. The number of aromatic nitrogens is 2. The minimum absolute atomic E-state index is 0.393. The maximum Gasteiger partial charge on any atom is 0.310 e.